The molecule has 122 valence electrons. The summed E-state index contributed by atoms with van der Waals surface area (Å²) in [6.45, 7) is 0.521. The molecule has 2 aromatic rings. The Kier molecular flexibility index (Phi) is 4.29. The third-order valence-corrected chi connectivity index (χ3v) is 3.94. The van der Waals surface area contributed by atoms with Crippen molar-refractivity contribution in [1.29, 1.82) is 0 Å². The molecule has 23 heavy (non-hydrogen) atoms. The van der Waals surface area contributed by atoms with E-state index in [1.807, 2.05) is 17.8 Å². The number of imidazole rings is 1. The van der Waals surface area contributed by atoms with Crippen LogP contribution in [0.2, 0.25) is 0 Å². The first-order valence-electron chi connectivity index (χ1n) is 7.33. The number of halogens is 1. The Morgan fingerprint density at radius 2 is 2.35 bits per heavy atom. The first kappa shape index (κ1) is 15.5. The standard InChI is InChI=1S/C16H18FN3O3/c1-20-7-6-18-15(20)14-13(5-8-23-14)19-16(21)11-4-3-10(22-2)9-12(11)17/h3-4,6-7,9,13-14H,5,8H2,1-2H3,(H,19,21)/t13-,14-/m0/s1. The molecule has 3 rings (SSSR count). The molecule has 6 nitrogen and oxygen atoms in total. The molecule has 0 aliphatic carbocycles. The largest absolute Gasteiger partial charge is 0.497 e. The van der Waals surface area contributed by atoms with Crippen molar-refractivity contribution in [1.82, 2.24) is 14.9 Å². The van der Waals surface area contributed by atoms with E-state index in [0.29, 0.717) is 18.8 Å². The number of nitrogens with one attached hydrogen (secondary N) is 1. The van der Waals surface area contributed by atoms with E-state index in [9.17, 15) is 9.18 Å². The van der Waals surface area contributed by atoms with E-state index in [4.69, 9.17) is 9.47 Å². The first-order valence-corrected chi connectivity index (χ1v) is 7.33. The van der Waals surface area contributed by atoms with Crippen molar-refractivity contribution in [2.75, 3.05) is 13.7 Å². The number of carbonyl (C=O) groups excluding carboxylic acids is 1. The second-order valence-corrected chi connectivity index (χ2v) is 5.40. The molecule has 0 radical (unpaired) electrons. The summed E-state index contributed by atoms with van der Waals surface area (Å²) >= 11 is 0. The maximum atomic E-state index is 14.0. The molecule has 2 heterocycles. The highest BCUT2D eigenvalue weighted by atomic mass is 19.1. The van der Waals surface area contributed by atoms with Gasteiger partial charge in [-0.3, -0.25) is 4.79 Å². The Morgan fingerprint density at radius 1 is 1.52 bits per heavy atom. The van der Waals surface area contributed by atoms with Crippen molar-refractivity contribution in [2.24, 2.45) is 7.05 Å². The summed E-state index contributed by atoms with van der Waals surface area (Å²) in [5.74, 6) is 0.0197. The maximum absolute atomic E-state index is 14.0. The lowest BCUT2D eigenvalue weighted by Crippen LogP contribution is -2.37. The van der Waals surface area contributed by atoms with E-state index in [-0.39, 0.29) is 17.7 Å². The van der Waals surface area contributed by atoms with Crippen LogP contribution in [0.25, 0.3) is 0 Å². The van der Waals surface area contributed by atoms with Crippen LogP contribution < -0.4 is 10.1 Å². The quantitative estimate of drug-likeness (QED) is 0.934. The number of amides is 1. The van der Waals surface area contributed by atoms with Gasteiger partial charge in [-0.1, -0.05) is 0 Å². The summed E-state index contributed by atoms with van der Waals surface area (Å²) in [5.41, 5.74) is -0.0173. The minimum Gasteiger partial charge on any atom is -0.497 e. The van der Waals surface area contributed by atoms with Crippen LogP contribution in [-0.2, 0) is 11.8 Å². The van der Waals surface area contributed by atoms with E-state index < -0.39 is 11.7 Å². The van der Waals surface area contributed by atoms with Gasteiger partial charge in [0.15, 0.2) is 0 Å². The van der Waals surface area contributed by atoms with E-state index >= 15 is 0 Å². The summed E-state index contributed by atoms with van der Waals surface area (Å²) in [5, 5.41) is 2.84. The van der Waals surface area contributed by atoms with Gasteiger partial charge >= 0.3 is 0 Å². The molecule has 0 unspecified atom stereocenters. The number of aryl methyl sites for hydroxylation is 1. The van der Waals surface area contributed by atoms with E-state index in [2.05, 4.69) is 10.3 Å². The Balaban J connectivity index is 1.76. The van der Waals surface area contributed by atoms with Gasteiger partial charge in [0, 0.05) is 32.1 Å². The molecule has 1 aromatic heterocycles. The van der Waals surface area contributed by atoms with Crippen LogP contribution in [0.4, 0.5) is 4.39 Å². The fourth-order valence-electron chi connectivity index (χ4n) is 2.70. The van der Waals surface area contributed by atoms with Gasteiger partial charge in [-0.2, -0.15) is 0 Å². The average Bonchev–Trinajstić information content (AvgIpc) is 3.15. The molecular formula is C16H18FN3O3. The molecule has 1 aliphatic rings. The minimum absolute atomic E-state index is 0.0173. The first-order chi connectivity index (χ1) is 11.1. The fourth-order valence-corrected chi connectivity index (χ4v) is 2.70. The number of hydrogen-bond acceptors (Lipinski definition) is 4. The Hall–Kier alpha value is -2.41. The molecule has 1 amide bonds. The number of benzene rings is 1. The molecule has 0 saturated carbocycles. The van der Waals surface area contributed by atoms with Crippen molar-refractivity contribution >= 4 is 5.91 Å². The average molecular weight is 319 g/mol. The number of ether oxygens (including phenoxy) is 2. The van der Waals surface area contributed by atoms with Crippen molar-refractivity contribution in [3.63, 3.8) is 0 Å². The highest BCUT2D eigenvalue weighted by Crippen LogP contribution is 2.28. The van der Waals surface area contributed by atoms with E-state index in [0.717, 1.165) is 5.82 Å². The fraction of sp³-hybridized carbons (Fsp3) is 0.375. The van der Waals surface area contributed by atoms with Gasteiger partial charge in [0.05, 0.1) is 18.7 Å². The predicted molar refractivity (Wildman–Crippen MR) is 80.7 cm³/mol. The number of hydrogen-bond donors (Lipinski definition) is 1. The van der Waals surface area contributed by atoms with Gasteiger partial charge in [0.1, 0.15) is 23.5 Å². The molecule has 0 bridgehead atoms. The summed E-state index contributed by atoms with van der Waals surface area (Å²) in [7, 11) is 3.31. The lowest BCUT2D eigenvalue weighted by molar-refractivity contribution is 0.0777. The molecule has 1 fully saturated rings. The molecular weight excluding hydrogens is 301 g/mol. The Morgan fingerprint density at radius 3 is 3.00 bits per heavy atom. The van der Waals surface area contributed by atoms with Crippen molar-refractivity contribution in [3.05, 3.63) is 47.8 Å². The molecule has 1 aromatic carbocycles. The van der Waals surface area contributed by atoms with Gasteiger partial charge < -0.3 is 19.4 Å². The minimum atomic E-state index is -0.616. The summed E-state index contributed by atoms with van der Waals surface area (Å²) in [6, 6.07) is 3.91. The van der Waals surface area contributed by atoms with Gasteiger partial charge in [0.25, 0.3) is 5.91 Å². The van der Waals surface area contributed by atoms with E-state index in [1.54, 1.807) is 12.3 Å². The van der Waals surface area contributed by atoms with Crippen LogP contribution in [-0.4, -0.2) is 35.2 Å². The van der Waals surface area contributed by atoms with Crippen LogP contribution in [0, 0.1) is 5.82 Å². The molecule has 1 saturated heterocycles. The number of carbonyl (C=O) groups is 1. The normalized spacial score (nSPS) is 20.5. The van der Waals surface area contributed by atoms with Crippen LogP contribution in [0.15, 0.2) is 30.6 Å². The van der Waals surface area contributed by atoms with Gasteiger partial charge in [0.2, 0.25) is 0 Å². The van der Waals surface area contributed by atoms with Crippen LogP contribution in [0.1, 0.15) is 28.7 Å². The third kappa shape index (κ3) is 3.05. The highest BCUT2D eigenvalue weighted by Gasteiger charge is 2.34. The van der Waals surface area contributed by atoms with Crippen LogP contribution >= 0.6 is 0 Å². The van der Waals surface area contributed by atoms with Crippen molar-refractivity contribution in [3.8, 4) is 5.75 Å². The zero-order valence-corrected chi connectivity index (χ0v) is 13.0. The Labute approximate surface area is 133 Å². The number of nitrogens with zero attached hydrogens (tertiary/aromatic N) is 2. The number of methoxy groups -OCH3 is 1. The molecule has 0 spiro atoms. The summed E-state index contributed by atoms with van der Waals surface area (Å²) in [6.07, 6.45) is 3.82. The molecule has 1 N–H and O–H groups in total. The lowest BCUT2D eigenvalue weighted by atomic mass is 10.1. The van der Waals surface area contributed by atoms with Crippen LogP contribution in [0.3, 0.4) is 0 Å². The van der Waals surface area contributed by atoms with Crippen molar-refractivity contribution in [2.45, 2.75) is 18.6 Å². The molecule has 1 aliphatic heterocycles. The van der Waals surface area contributed by atoms with Crippen molar-refractivity contribution < 1.29 is 18.7 Å². The number of rotatable bonds is 4. The molecule has 7 heteroatoms. The topological polar surface area (TPSA) is 65.4 Å². The third-order valence-electron chi connectivity index (χ3n) is 3.94. The second kappa shape index (κ2) is 6.37. The zero-order valence-electron chi connectivity index (χ0n) is 13.0. The summed E-state index contributed by atoms with van der Waals surface area (Å²) in [4.78, 5) is 16.6. The zero-order chi connectivity index (χ0) is 16.4. The highest BCUT2D eigenvalue weighted by molar-refractivity contribution is 5.94. The van der Waals surface area contributed by atoms with Gasteiger partial charge in [-0.05, 0) is 18.6 Å². The predicted octanol–water partition coefficient (Wildman–Crippen LogP) is 1.83. The Bertz CT molecular complexity index is 716. The lowest BCUT2D eigenvalue weighted by Gasteiger charge is -2.19. The molecule has 2 atom stereocenters. The smallest absolute Gasteiger partial charge is 0.254 e. The monoisotopic (exact) mass is 319 g/mol. The van der Waals surface area contributed by atoms with Gasteiger partial charge in [-0.25, -0.2) is 9.37 Å². The van der Waals surface area contributed by atoms with Crippen LogP contribution in [0.5, 0.6) is 5.75 Å². The SMILES string of the molecule is COc1ccc(C(=O)N[C@H]2CCO[C@@H]2c2nccn2C)c(F)c1. The number of aromatic nitrogens is 2. The maximum Gasteiger partial charge on any atom is 0.254 e. The van der Waals surface area contributed by atoms with Gasteiger partial charge in [-0.15, -0.1) is 0 Å². The van der Waals surface area contributed by atoms with E-state index in [1.165, 1.54) is 19.2 Å². The second-order valence-electron chi connectivity index (χ2n) is 5.40. The summed E-state index contributed by atoms with van der Waals surface area (Å²) < 4.78 is 26.5.